The van der Waals surface area contributed by atoms with Crippen molar-refractivity contribution in [2.75, 3.05) is 33.9 Å². The van der Waals surface area contributed by atoms with Crippen molar-refractivity contribution >= 4 is 22.8 Å². The number of ether oxygens (including phenoxy) is 2. The first-order valence-corrected chi connectivity index (χ1v) is 9.52. The first kappa shape index (κ1) is 19.4. The van der Waals surface area contributed by atoms with Crippen molar-refractivity contribution in [2.45, 2.75) is 32.2 Å². The summed E-state index contributed by atoms with van der Waals surface area (Å²) >= 11 is 0. The smallest absolute Gasteiger partial charge is 0.305 e. The van der Waals surface area contributed by atoms with Gasteiger partial charge in [-0.15, -0.1) is 0 Å². The van der Waals surface area contributed by atoms with E-state index >= 15 is 0 Å². The van der Waals surface area contributed by atoms with Crippen molar-refractivity contribution in [3.8, 4) is 0 Å². The lowest BCUT2D eigenvalue weighted by Gasteiger charge is -2.31. The Morgan fingerprint density at radius 2 is 1.89 bits per heavy atom. The highest BCUT2D eigenvalue weighted by molar-refractivity contribution is 5.89. The molecular weight excluding hydrogens is 344 g/mol. The van der Waals surface area contributed by atoms with Gasteiger partial charge >= 0.3 is 5.97 Å². The molecule has 0 aliphatic carbocycles. The van der Waals surface area contributed by atoms with Gasteiger partial charge in [0.05, 0.1) is 20.1 Å². The van der Waals surface area contributed by atoms with E-state index in [2.05, 4.69) is 22.9 Å². The van der Waals surface area contributed by atoms with Crippen LogP contribution in [0.2, 0.25) is 0 Å². The lowest BCUT2D eigenvalue weighted by Crippen LogP contribution is -2.39. The number of likely N-dealkylation sites (tertiary alicyclic amines) is 1. The third-order valence-corrected chi connectivity index (χ3v) is 5.40. The number of benzene rings is 1. The van der Waals surface area contributed by atoms with Gasteiger partial charge in [0, 0.05) is 50.3 Å². The summed E-state index contributed by atoms with van der Waals surface area (Å²) in [7, 11) is 3.12. The van der Waals surface area contributed by atoms with E-state index in [-0.39, 0.29) is 11.9 Å². The highest BCUT2D eigenvalue weighted by atomic mass is 16.5. The van der Waals surface area contributed by atoms with Crippen LogP contribution in [-0.2, 0) is 32.0 Å². The van der Waals surface area contributed by atoms with Gasteiger partial charge in [-0.25, -0.2) is 0 Å². The molecule has 1 aliphatic heterocycles. The predicted octanol–water partition coefficient (Wildman–Crippen LogP) is 2.63. The fourth-order valence-corrected chi connectivity index (χ4v) is 3.82. The van der Waals surface area contributed by atoms with E-state index in [0.29, 0.717) is 38.5 Å². The minimum absolute atomic E-state index is 0.154. The SMILES string of the molecule is COCCn1cc(CC(=O)N2CCC(CC(=O)OC)CC2)c2ccccc21. The largest absolute Gasteiger partial charge is 0.469 e. The van der Waals surface area contributed by atoms with Crippen LogP contribution in [0.5, 0.6) is 0 Å². The van der Waals surface area contributed by atoms with Gasteiger partial charge in [-0.1, -0.05) is 18.2 Å². The van der Waals surface area contributed by atoms with Gasteiger partial charge in [-0.05, 0) is 30.4 Å². The summed E-state index contributed by atoms with van der Waals surface area (Å²) in [4.78, 5) is 26.2. The molecule has 27 heavy (non-hydrogen) atoms. The number of nitrogens with zero attached hydrogens (tertiary/aromatic N) is 2. The summed E-state index contributed by atoms with van der Waals surface area (Å²) in [6.07, 6.45) is 4.64. The number of para-hydroxylation sites is 1. The normalized spacial score (nSPS) is 15.3. The molecule has 1 saturated heterocycles. The standard InChI is InChI=1S/C21H28N2O4/c1-26-12-11-23-15-17(18-5-3-4-6-19(18)23)14-20(24)22-9-7-16(8-10-22)13-21(25)27-2/h3-6,15-16H,7-14H2,1-2H3. The molecule has 0 atom stereocenters. The van der Waals surface area contributed by atoms with E-state index in [1.165, 1.54) is 7.11 Å². The monoisotopic (exact) mass is 372 g/mol. The quantitative estimate of drug-likeness (QED) is 0.701. The minimum atomic E-state index is -0.163. The Morgan fingerprint density at radius 1 is 1.15 bits per heavy atom. The minimum Gasteiger partial charge on any atom is -0.469 e. The zero-order valence-electron chi connectivity index (χ0n) is 16.1. The molecule has 1 fully saturated rings. The molecule has 0 N–H and O–H groups in total. The molecule has 6 heteroatoms. The van der Waals surface area contributed by atoms with E-state index < -0.39 is 0 Å². The lowest BCUT2D eigenvalue weighted by molar-refractivity contribution is -0.142. The van der Waals surface area contributed by atoms with E-state index in [9.17, 15) is 9.59 Å². The number of methoxy groups -OCH3 is 2. The number of fused-ring (bicyclic) bond motifs is 1. The number of rotatable bonds is 7. The van der Waals surface area contributed by atoms with Crippen LogP contribution in [0, 0.1) is 5.92 Å². The zero-order chi connectivity index (χ0) is 19.2. The van der Waals surface area contributed by atoms with Gasteiger partial charge in [0.2, 0.25) is 5.91 Å². The average Bonchev–Trinajstić information content (AvgIpc) is 3.04. The van der Waals surface area contributed by atoms with Crippen LogP contribution in [0.25, 0.3) is 10.9 Å². The fourth-order valence-electron chi connectivity index (χ4n) is 3.82. The van der Waals surface area contributed by atoms with Crippen molar-refractivity contribution < 1.29 is 19.1 Å². The predicted molar refractivity (Wildman–Crippen MR) is 103 cm³/mol. The maximum Gasteiger partial charge on any atom is 0.305 e. The van der Waals surface area contributed by atoms with Crippen molar-refractivity contribution in [3.63, 3.8) is 0 Å². The summed E-state index contributed by atoms with van der Waals surface area (Å²) < 4.78 is 12.1. The number of carbonyl (C=O) groups is 2. The Kier molecular flexibility index (Phi) is 6.50. The molecule has 0 unspecified atom stereocenters. The Hall–Kier alpha value is -2.34. The number of hydrogen-bond acceptors (Lipinski definition) is 4. The Balaban J connectivity index is 1.64. The third-order valence-electron chi connectivity index (χ3n) is 5.40. The van der Waals surface area contributed by atoms with Crippen molar-refractivity contribution in [2.24, 2.45) is 5.92 Å². The maximum atomic E-state index is 12.8. The third kappa shape index (κ3) is 4.69. The number of carbonyl (C=O) groups excluding carboxylic acids is 2. The molecule has 1 amide bonds. The maximum absolute atomic E-state index is 12.8. The van der Waals surface area contributed by atoms with Crippen molar-refractivity contribution in [3.05, 3.63) is 36.0 Å². The van der Waals surface area contributed by atoms with Crippen LogP contribution in [0.1, 0.15) is 24.8 Å². The molecule has 0 saturated carbocycles. The van der Waals surface area contributed by atoms with Gasteiger partial charge in [0.15, 0.2) is 0 Å². The molecule has 0 radical (unpaired) electrons. The van der Waals surface area contributed by atoms with Crippen LogP contribution < -0.4 is 0 Å². The summed E-state index contributed by atoms with van der Waals surface area (Å²) in [5.74, 6) is 0.308. The van der Waals surface area contributed by atoms with E-state index in [0.717, 1.165) is 35.9 Å². The van der Waals surface area contributed by atoms with Crippen molar-refractivity contribution in [1.29, 1.82) is 0 Å². The number of amides is 1. The molecule has 6 nitrogen and oxygen atoms in total. The first-order valence-electron chi connectivity index (χ1n) is 9.52. The first-order chi connectivity index (χ1) is 13.1. The summed E-state index contributed by atoms with van der Waals surface area (Å²) in [5, 5.41) is 1.13. The highest BCUT2D eigenvalue weighted by Crippen LogP contribution is 2.25. The second kappa shape index (κ2) is 9.04. The van der Waals surface area contributed by atoms with E-state index in [4.69, 9.17) is 9.47 Å². The van der Waals surface area contributed by atoms with Gasteiger partial charge in [-0.2, -0.15) is 0 Å². The van der Waals surface area contributed by atoms with Crippen LogP contribution >= 0.6 is 0 Å². The molecule has 1 aromatic heterocycles. The van der Waals surface area contributed by atoms with Gasteiger partial charge < -0.3 is 18.9 Å². The topological polar surface area (TPSA) is 60.8 Å². The van der Waals surface area contributed by atoms with Crippen LogP contribution in [0.15, 0.2) is 30.5 Å². The molecular formula is C21H28N2O4. The number of hydrogen-bond donors (Lipinski definition) is 0. The van der Waals surface area contributed by atoms with Gasteiger partial charge in [0.25, 0.3) is 0 Å². The Labute approximate surface area is 160 Å². The zero-order valence-corrected chi connectivity index (χ0v) is 16.1. The molecule has 2 heterocycles. The highest BCUT2D eigenvalue weighted by Gasteiger charge is 2.25. The second-order valence-electron chi connectivity index (χ2n) is 7.14. The molecule has 0 bridgehead atoms. The van der Waals surface area contributed by atoms with Crippen LogP contribution in [0.4, 0.5) is 0 Å². The fraction of sp³-hybridized carbons (Fsp3) is 0.524. The number of piperidine rings is 1. The van der Waals surface area contributed by atoms with Crippen molar-refractivity contribution in [1.82, 2.24) is 9.47 Å². The molecule has 1 aromatic carbocycles. The lowest BCUT2D eigenvalue weighted by atomic mass is 9.93. The average molecular weight is 372 g/mol. The van der Waals surface area contributed by atoms with Crippen LogP contribution in [-0.4, -0.2) is 55.3 Å². The second-order valence-corrected chi connectivity index (χ2v) is 7.14. The molecule has 1 aliphatic rings. The molecule has 0 spiro atoms. The Morgan fingerprint density at radius 3 is 2.59 bits per heavy atom. The molecule has 3 rings (SSSR count). The number of aromatic nitrogens is 1. The van der Waals surface area contributed by atoms with Crippen LogP contribution in [0.3, 0.4) is 0 Å². The van der Waals surface area contributed by atoms with E-state index in [1.54, 1.807) is 7.11 Å². The van der Waals surface area contributed by atoms with Gasteiger partial charge in [0.1, 0.15) is 0 Å². The summed E-state index contributed by atoms with van der Waals surface area (Å²) in [6.45, 7) is 2.83. The molecule has 2 aromatic rings. The number of esters is 1. The summed E-state index contributed by atoms with van der Waals surface area (Å²) in [5.41, 5.74) is 2.19. The van der Waals surface area contributed by atoms with Gasteiger partial charge in [-0.3, -0.25) is 9.59 Å². The Bertz CT molecular complexity index is 791. The van der Waals surface area contributed by atoms with E-state index in [1.807, 2.05) is 17.0 Å². The summed E-state index contributed by atoms with van der Waals surface area (Å²) in [6, 6.07) is 8.18. The molecule has 146 valence electrons.